The molecule has 90 valence electrons. The van der Waals surface area contributed by atoms with E-state index in [-0.39, 0.29) is 22.2 Å². The van der Waals surface area contributed by atoms with E-state index in [1.165, 1.54) is 12.1 Å². The zero-order chi connectivity index (χ0) is 12.6. The molecule has 1 aromatic carbocycles. The van der Waals surface area contributed by atoms with Crippen LogP contribution in [-0.2, 0) is 6.18 Å². The maximum Gasteiger partial charge on any atom is 0.455 e. The molecule has 0 spiro atoms. The van der Waals surface area contributed by atoms with Gasteiger partial charge in [0.25, 0.3) is 11.7 Å². The number of rotatable bonds is 1. The third-order valence-corrected chi connectivity index (χ3v) is 2.25. The summed E-state index contributed by atoms with van der Waals surface area (Å²) in [6, 6.07) is 4.49. The average Bonchev–Trinajstić information content (AvgIpc) is 2.65. The molecule has 0 radical (unpaired) electrons. The minimum Gasteiger partial charge on any atom is -0.398 e. The summed E-state index contributed by atoms with van der Waals surface area (Å²) in [5, 5.41) is 2.96. The van der Waals surface area contributed by atoms with Crippen molar-refractivity contribution < 1.29 is 17.7 Å². The van der Waals surface area contributed by atoms with E-state index in [1.807, 2.05) is 0 Å². The second kappa shape index (κ2) is 3.92. The molecule has 0 aliphatic heterocycles. The van der Waals surface area contributed by atoms with Crippen LogP contribution in [0.3, 0.4) is 0 Å². The van der Waals surface area contributed by atoms with Crippen LogP contribution in [0.25, 0.3) is 11.5 Å². The van der Waals surface area contributed by atoms with E-state index in [0.29, 0.717) is 0 Å². The Bertz CT molecular complexity index is 532. The van der Waals surface area contributed by atoms with Crippen molar-refractivity contribution in [1.29, 1.82) is 0 Å². The van der Waals surface area contributed by atoms with Gasteiger partial charge in [0.1, 0.15) is 0 Å². The molecule has 0 aliphatic carbocycles. The van der Waals surface area contributed by atoms with E-state index in [1.54, 1.807) is 6.07 Å². The molecule has 17 heavy (non-hydrogen) atoms. The number of hydrogen-bond donors (Lipinski definition) is 1. The van der Waals surface area contributed by atoms with Crippen LogP contribution in [-0.4, -0.2) is 10.1 Å². The third kappa shape index (κ3) is 2.19. The molecule has 0 bridgehead atoms. The van der Waals surface area contributed by atoms with E-state index in [0.717, 1.165) is 0 Å². The Morgan fingerprint density at radius 3 is 2.53 bits per heavy atom. The lowest BCUT2D eigenvalue weighted by molar-refractivity contribution is -0.146. The maximum atomic E-state index is 12.3. The second-order valence-electron chi connectivity index (χ2n) is 3.12. The number of nitrogens with two attached hydrogens (primary N) is 1. The van der Waals surface area contributed by atoms with Gasteiger partial charge < -0.3 is 10.3 Å². The standard InChI is InChI=1S/C9H5ClF3N3O/c10-4-2-1-3-5(14)6(4)7-15-8(16-17-7)9(11,12)13/h1-3H,14H2. The molecule has 2 rings (SSSR count). The van der Waals surface area contributed by atoms with Crippen molar-refractivity contribution in [3.63, 3.8) is 0 Å². The van der Waals surface area contributed by atoms with Crippen molar-refractivity contribution >= 4 is 17.3 Å². The molecule has 2 N–H and O–H groups in total. The van der Waals surface area contributed by atoms with E-state index in [4.69, 9.17) is 17.3 Å². The van der Waals surface area contributed by atoms with Gasteiger partial charge in [-0.05, 0) is 12.1 Å². The first kappa shape index (κ1) is 11.7. The number of nitrogen functional groups attached to an aromatic ring is 1. The Kier molecular flexibility index (Phi) is 2.70. The molecular weight excluding hydrogens is 259 g/mol. The van der Waals surface area contributed by atoms with Gasteiger partial charge >= 0.3 is 6.18 Å². The molecule has 0 amide bonds. The van der Waals surface area contributed by atoms with Crippen molar-refractivity contribution in [3.8, 4) is 11.5 Å². The Hall–Kier alpha value is -1.76. The summed E-state index contributed by atoms with van der Waals surface area (Å²) in [6.07, 6.45) is -4.67. The predicted molar refractivity (Wildman–Crippen MR) is 54.2 cm³/mol. The van der Waals surface area contributed by atoms with Crippen LogP contribution in [0.5, 0.6) is 0 Å². The van der Waals surface area contributed by atoms with Gasteiger partial charge in [-0.25, -0.2) is 0 Å². The second-order valence-corrected chi connectivity index (χ2v) is 3.53. The van der Waals surface area contributed by atoms with Crippen LogP contribution in [0.1, 0.15) is 5.82 Å². The van der Waals surface area contributed by atoms with Crippen molar-refractivity contribution in [2.75, 3.05) is 5.73 Å². The first-order chi connectivity index (χ1) is 7.89. The molecule has 0 fully saturated rings. The lowest BCUT2D eigenvalue weighted by Crippen LogP contribution is -2.07. The molecule has 1 heterocycles. The van der Waals surface area contributed by atoms with Crippen molar-refractivity contribution in [1.82, 2.24) is 10.1 Å². The van der Waals surface area contributed by atoms with Gasteiger partial charge in [0.2, 0.25) is 0 Å². The number of aromatic nitrogens is 2. The third-order valence-electron chi connectivity index (χ3n) is 1.94. The van der Waals surface area contributed by atoms with Crippen molar-refractivity contribution in [2.24, 2.45) is 0 Å². The van der Waals surface area contributed by atoms with Crippen LogP contribution in [0.4, 0.5) is 18.9 Å². The smallest absolute Gasteiger partial charge is 0.398 e. The Morgan fingerprint density at radius 1 is 1.29 bits per heavy atom. The van der Waals surface area contributed by atoms with Crippen LogP contribution in [0, 0.1) is 0 Å². The first-order valence-corrected chi connectivity index (χ1v) is 4.72. The van der Waals surface area contributed by atoms with E-state index < -0.39 is 12.0 Å². The summed E-state index contributed by atoms with van der Waals surface area (Å²) in [5.41, 5.74) is 5.83. The number of anilines is 1. The Balaban J connectivity index is 2.51. The fourth-order valence-corrected chi connectivity index (χ4v) is 1.47. The summed E-state index contributed by atoms with van der Waals surface area (Å²) in [4.78, 5) is 3.21. The highest BCUT2D eigenvalue weighted by Gasteiger charge is 2.37. The van der Waals surface area contributed by atoms with Crippen LogP contribution in [0.2, 0.25) is 5.02 Å². The molecule has 2 aromatic rings. The normalized spacial score (nSPS) is 11.8. The van der Waals surface area contributed by atoms with E-state index in [9.17, 15) is 13.2 Å². The van der Waals surface area contributed by atoms with Gasteiger partial charge in [-0.1, -0.05) is 22.8 Å². The Labute approximate surface area is 98.2 Å². The van der Waals surface area contributed by atoms with Gasteiger partial charge in [0, 0.05) is 5.69 Å². The Morgan fingerprint density at radius 2 is 2.00 bits per heavy atom. The monoisotopic (exact) mass is 263 g/mol. The SMILES string of the molecule is Nc1cccc(Cl)c1-c1nc(C(F)(F)F)no1. The summed E-state index contributed by atoms with van der Waals surface area (Å²) >= 11 is 5.80. The number of alkyl halides is 3. The molecule has 0 atom stereocenters. The van der Waals surface area contributed by atoms with Crippen molar-refractivity contribution in [3.05, 3.63) is 29.0 Å². The molecule has 1 aromatic heterocycles. The molecule has 0 saturated heterocycles. The minimum absolute atomic E-state index is 0.0946. The van der Waals surface area contributed by atoms with Crippen LogP contribution >= 0.6 is 11.6 Å². The summed E-state index contributed by atoms with van der Waals surface area (Å²) in [6.45, 7) is 0. The van der Waals surface area contributed by atoms with Gasteiger partial charge in [0.15, 0.2) is 0 Å². The van der Waals surface area contributed by atoms with Gasteiger partial charge in [-0.15, -0.1) is 0 Å². The zero-order valence-corrected chi connectivity index (χ0v) is 8.88. The van der Waals surface area contributed by atoms with Gasteiger partial charge in [-0.2, -0.15) is 18.2 Å². The highest BCUT2D eigenvalue weighted by atomic mass is 35.5. The van der Waals surface area contributed by atoms with Crippen molar-refractivity contribution in [2.45, 2.75) is 6.18 Å². The van der Waals surface area contributed by atoms with Crippen LogP contribution in [0.15, 0.2) is 22.7 Å². The minimum atomic E-state index is -4.67. The highest BCUT2D eigenvalue weighted by Crippen LogP contribution is 2.34. The summed E-state index contributed by atoms with van der Waals surface area (Å²) in [5.74, 6) is -1.73. The lowest BCUT2D eigenvalue weighted by atomic mass is 10.2. The van der Waals surface area contributed by atoms with Gasteiger partial charge in [-0.3, -0.25) is 0 Å². The topological polar surface area (TPSA) is 64.9 Å². The molecule has 4 nitrogen and oxygen atoms in total. The number of benzene rings is 1. The van der Waals surface area contributed by atoms with Crippen LogP contribution < -0.4 is 5.73 Å². The molecule has 8 heteroatoms. The quantitative estimate of drug-likeness (QED) is 0.803. The molecule has 0 aliphatic rings. The van der Waals surface area contributed by atoms with Gasteiger partial charge in [0.05, 0.1) is 10.6 Å². The molecular formula is C9H5ClF3N3O. The number of hydrogen-bond acceptors (Lipinski definition) is 4. The lowest BCUT2D eigenvalue weighted by Gasteiger charge is -2.02. The fourth-order valence-electron chi connectivity index (χ4n) is 1.21. The molecule has 0 saturated carbocycles. The van der Waals surface area contributed by atoms with E-state index in [2.05, 4.69) is 14.7 Å². The summed E-state index contributed by atoms with van der Waals surface area (Å²) < 4.78 is 41.3. The number of nitrogens with zero attached hydrogens (tertiary/aromatic N) is 2. The predicted octanol–water partition coefficient (Wildman–Crippen LogP) is 2.99. The average molecular weight is 264 g/mol. The highest BCUT2D eigenvalue weighted by molar-refractivity contribution is 6.33. The number of halogens is 4. The molecule has 0 unspecified atom stereocenters. The maximum absolute atomic E-state index is 12.3. The zero-order valence-electron chi connectivity index (χ0n) is 8.12. The fraction of sp³-hybridized carbons (Fsp3) is 0.111. The van der Waals surface area contributed by atoms with E-state index >= 15 is 0 Å². The summed E-state index contributed by atoms with van der Waals surface area (Å²) in [7, 11) is 0. The first-order valence-electron chi connectivity index (χ1n) is 4.35. The largest absolute Gasteiger partial charge is 0.455 e.